The molecule has 2 rings (SSSR count). The smallest absolute Gasteiger partial charge is 0.251 e. The molecule has 0 aromatic carbocycles. The van der Waals surface area contributed by atoms with Crippen molar-refractivity contribution in [2.24, 2.45) is 17.8 Å². The van der Waals surface area contributed by atoms with Gasteiger partial charge in [-0.2, -0.15) is 0 Å². The van der Waals surface area contributed by atoms with Gasteiger partial charge in [0.2, 0.25) is 5.91 Å². The minimum atomic E-state index is -0.355. The van der Waals surface area contributed by atoms with Crippen molar-refractivity contribution in [2.45, 2.75) is 59.0 Å². The summed E-state index contributed by atoms with van der Waals surface area (Å²) in [6, 6.07) is 0. The first-order valence-electron chi connectivity index (χ1n) is 9.15. The zero-order chi connectivity index (χ0) is 16.8. The molecule has 5 nitrogen and oxygen atoms in total. The van der Waals surface area contributed by atoms with Crippen LogP contribution < -0.4 is 5.32 Å². The maximum Gasteiger partial charge on any atom is 0.251 e. The van der Waals surface area contributed by atoms with E-state index in [-0.39, 0.29) is 23.8 Å². The lowest BCUT2D eigenvalue weighted by molar-refractivity contribution is -0.145. The van der Waals surface area contributed by atoms with Crippen molar-refractivity contribution in [1.29, 1.82) is 0 Å². The molecule has 1 atom stereocenters. The van der Waals surface area contributed by atoms with Crippen LogP contribution >= 0.6 is 0 Å². The topological polar surface area (TPSA) is 58.6 Å². The van der Waals surface area contributed by atoms with Crippen molar-refractivity contribution >= 4 is 11.8 Å². The van der Waals surface area contributed by atoms with Gasteiger partial charge in [0.05, 0.1) is 6.61 Å². The van der Waals surface area contributed by atoms with E-state index in [1.165, 1.54) is 12.8 Å². The number of carbonyl (C=O) groups excluding carboxylic acids is 2. The second kappa shape index (κ2) is 8.67. The van der Waals surface area contributed by atoms with E-state index in [0.29, 0.717) is 31.5 Å². The molecule has 5 heteroatoms. The van der Waals surface area contributed by atoms with Crippen molar-refractivity contribution in [3.63, 3.8) is 0 Å². The molecular weight excluding hydrogens is 292 g/mol. The van der Waals surface area contributed by atoms with Gasteiger partial charge in [0.15, 0.2) is 0 Å². The standard InChI is InChI=1S/C18H32N2O3/c1-13(2)6-9-19-17(21)16-7-10-20(11-8-16)18(22)14(3)23-12-15-4-5-15/h13-16H,4-12H2,1-3H3,(H,19,21)/t14-/m1/s1. The predicted molar refractivity (Wildman–Crippen MR) is 89.9 cm³/mol. The number of nitrogens with one attached hydrogen (secondary N) is 1. The lowest BCUT2D eigenvalue weighted by Crippen LogP contribution is -2.46. The summed E-state index contributed by atoms with van der Waals surface area (Å²) in [5, 5.41) is 3.02. The Balaban J connectivity index is 1.65. The summed E-state index contributed by atoms with van der Waals surface area (Å²) in [5.74, 6) is 1.55. The van der Waals surface area contributed by atoms with Crippen LogP contribution in [0.5, 0.6) is 0 Å². The molecule has 2 aliphatic rings. The number of amides is 2. The first-order chi connectivity index (χ1) is 11.0. The van der Waals surface area contributed by atoms with E-state index in [9.17, 15) is 9.59 Å². The summed E-state index contributed by atoms with van der Waals surface area (Å²) >= 11 is 0. The van der Waals surface area contributed by atoms with Gasteiger partial charge in [-0.15, -0.1) is 0 Å². The zero-order valence-corrected chi connectivity index (χ0v) is 14.8. The molecule has 1 saturated heterocycles. The van der Waals surface area contributed by atoms with Crippen molar-refractivity contribution in [3.8, 4) is 0 Å². The number of piperidine rings is 1. The van der Waals surface area contributed by atoms with E-state index in [1.54, 1.807) is 0 Å². The largest absolute Gasteiger partial charge is 0.368 e. The summed E-state index contributed by atoms with van der Waals surface area (Å²) in [6.07, 6.45) is 4.64. The number of hydrogen-bond donors (Lipinski definition) is 1. The van der Waals surface area contributed by atoms with Gasteiger partial charge in [-0.25, -0.2) is 0 Å². The van der Waals surface area contributed by atoms with Gasteiger partial charge < -0.3 is 15.0 Å². The molecule has 1 N–H and O–H groups in total. The fourth-order valence-corrected chi connectivity index (χ4v) is 2.88. The number of hydrogen-bond acceptors (Lipinski definition) is 3. The lowest BCUT2D eigenvalue weighted by atomic mass is 9.95. The van der Waals surface area contributed by atoms with Crippen molar-refractivity contribution in [1.82, 2.24) is 10.2 Å². The van der Waals surface area contributed by atoms with Crippen LogP contribution in [0.3, 0.4) is 0 Å². The maximum atomic E-state index is 12.4. The van der Waals surface area contributed by atoms with Crippen LogP contribution in [0.15, 0.2) is 0 Å². The van der Waals surface area contributed by atoms with E-state index in [2.05, 4.69) is 19.2 Å². The minimum absolute atomic E-state index is 0.0499. The number of likely N-dealkylation sites (tertiary alicyclic amines) is 1. The van der Waals surface area contributed by atoms with E-state index in [1.807, 2.05) is 11.8 Å². The number of ether oxygens (including phenoxy) is 1. The Hall–Kier alpha value is -1.10. The molecule has 1 aliphatic carbocycles. The number of nitrogens with zero attached hydrogens (tertiary/aromatic N) is 1. The van der Waals surface area contributed by atoms with Crippen LogP contribution in [0.4, 0.5) is 0 Å². The molecule has 0 unspecified atom stereocenters. The normalized spacial score (nSPS) is 20.6. The third kappa shape index (κ3) is 6.13. The minimum Gasteiger partial charge on any atom is -0.368 e. The second-order valence-corrected chi connectivity index (χ2v) is 7.49. The average Bonchev–Trinajstić information content (AvgIpc) is 3.36. The van der Waals surface area contributed by atoms with E-state index in [0.717, 1.165) is 25.8 Å². The highest BCUT2D eigenvalue weighted by Crippen LogP contribution is 2.29. The predicted octanol–water partition coefficient (Wildman–Crippen LogP) is 2.20. The monoisotopic (exact) mass is 324 g/mol. The van der Waals surface area contributed by atoms with E-state index >= 15 is 0 Å². The Labute approximate surface area is 140 Å². The molecule has 0 aromatic heterocycles. The van der Waals surface area contributed by atoms with Crippen LogP contribution in [0.1, 0.15) is 52.9 Å². The van der Waals surface area contributed by atoms with Gasteiger partial charge in [-0.3, -0.25) is 9.59 Å². The molecule has 0 aromatic rings. The second-order valence-electron chi connectivity index (χ2n) is 7.49. The molecule has 0 spiro atoms. The van der Waals surface area contributed by atoms with Crippen molar-refractivity contribution < 1.29 is 14.3 Å². The average molecular weight is 324 g/mol. The molecule has 132 valence electrons. The molecule has 0 bridgehead atoms. The van der Waals surface area contributed by atoms with Crippen LogP contribution in [-0.4, -0.2) is 49.1 Å². The lowest BCUT2D eigenvalue weighted by Gasteiger charge is -2.33. The van der Waals surface area contributed by atoms with Crippen LogP contribution in [-0.2, 0) is 14.3 Å². The summed E-state index contributed by atoms with van der Waals surface area (Å²) in [6.45, 7) is 8.95. The fraction of sp³-hybridized carbons (Fsp3) is 0.889. The zero-order valence-electron chi connectivity index (χ0n) is 14.8. The van der Waals surface area contributed by atoms with Gasteiger partial charge in [-0.1, -0.05) is 13.8 Å². The van der Waals surface area contributed by atoms with Crippen LogP contribution in [0, 0.1) is 17.8 Å². The Morgan fingerprint density at radius 3 is 2.35 bits per heavy atom. The molecule has 23 heavy (non-hydrogen) atoms. The maximum absolute atomic E-state index is 12.4. The molecule has 0 radical (unpaired) electrons. The first kappa shape index (κ1) is 18.2. The number of rotatable bonds is 8. The Morgan fingerprint density at radius 2 is 1.78 bits per heavy atom. The Bertz CT molecular complexity index is 399. The Morgan fingerprint density at radius 1 is 1.13 bits per heavy atom. The molecule has 1 saturated carbocycles. The van der Waals surface area contributed by atoms with Crippen LogP contribution in [0.2, 0.25) is 0 Å². The van der Waals surface area contributed by atoms with Gasteiger partial charge >= 0.3 is 0 Å². The molecule has 2 amide bonds. The fourth-order valence-electron chi connectivity index (χ4n) is 2.88. The Kier molecular flexibility index (Phi) is 6.88. The molecule has 1 heterocycles. The summed E-state index contributed by atoms with van der Waals surface area (Å²) in [4.78, 5) is 26.3. The van der Waals surface area contributed by atoms with Crippen molar-refractivity contribution in [2.75, 3.05) is 26.2 Å². The highest BCUT2D eigenvalue weighted by molar-refractivity contribution is 5.82. The molecular formula is C18H32N2O3. The summed E-state index contributed by atoms with van der Waals surface area (Å²) in [5.41, 5.74) is 0. The quantitative estimate of drug-likeness (QED) is 0.745. The third-order valence-corrected chi connectivity index (χ3v) is 4.82. The molecule has 2 fully saturated rings. The molecule has 1 aliphatic heterocycles. The SMILES string of the molecule is CC(C)CCNC(=O)C1CCN(C(=O)[C@@H](C)OCC2CC2)CC1. The summed E-state index contributed by atoms with van der Waals surface area (Å²) < 4.78 is 5.66. The van der Waals surface area contributed by atoms with E-state index in [4.69, 9.17) is 4.74 Å². The number of carbonyl (C=O) groups is 2. The third-order valence-electron chi connectivity index (χ3n) is 4.82. The van der Waals surface area contributed by atoms with Crippen LogP contribution in [0.25, 0.3) is 0 Å². The van der Waals surface area contributed by atoms with Gasteiger partial charge in [-0.05, 0) is 50.9 Å². The first-order valence-corrected chi connectivity index (χ1v) is 9.15. The summed E-state index contributed by atoms with van der Waals surface area (Å²) in [7, 11) is 0. The van der Waals surface area contributed by atoms with Crippen molar-refractivity contribution in [3.05, 3.63) is 0 Å². The highest BCUT2D eigenvalue weighted by atomic mass is 16.5. The highest BCUT2D eigenvalue weighted by Gasteiger charge is 2.30. The van der Waals surface area contributed by atoms with Gasteiger partial charge in [0, 0.05) is 25.6 Å². The van der Waals surface area contributed by atoms with Gasteiger partial charge in [0.25, 0.3) is 5.91 Å². The van der Waals surface area contributed by atoms with E-state index < -0.39 is 0 Å². The van der Waals surface area contributed by atoms with Gasteiger partial charge in [0.1, 0.15) is 6.10 Å².